The Morgan fingerprint density at radius 1 is 1.41 bits per heavy atom. The van der Waals surface area contributed by atoms with Gasteiger partial charge in [0.15, 0.2) is 5.82 Å². The van der Waals surface area contributed by atoms with E-state index in [4.69, 9.17) is 4.52 Å². The third-order valence-electron chi connectivity index (χ3n) is 3.20. The molecule has 0 saturated carbocycles. The van der Waals surface area contributed by atoms with Gasteiger partial charge >= 0.3 is 0 Å². The van der Waals surface area contributed by atoms with Crippen molar-refractivity contribution >= 4 is 5.91 Å². The number of pyridine rings is 1. The lowest BCUT2D eigenvalue weighted by Crippen LogP contribution is -2.24. The summed E-state index contributed by atoms with van der Waals surface area (Å²) in [5.74, 6) is 0.890. The number of nitrogens with one attached hydrogen (secondary N) is 1. The van der Waals surface area contributed by atoms with E-state index in [1.165, 1.54) is 6.33 Å². The van der Waals surface area contributed by atoms with Crippen LogP contribution in [-0.2, 0) is 6.54 Å². The first-order valence-electron chi connectivity index (χ1n) is 6.67. The van der Waals surface area contributed by atoms with Crippen molar-refractivity contribution < 1.29 is 9.32 Å². The Morgan fingerprint density at radius 3 is 2.95 bits per heavy atom. The summed E-state index contributed by atoms with van der Waals surface area (Å²) in [6.07, 6.45) is 4.65. The van der Waals surface area contributed by atoms with Crippen molar-refractivity contribution in [2.75, 3.05) is 0 Å². The summed E-state index contributed by atoms with van der Waals surface area (Å²) >= 11 is 0. The topological polar surface area (TPSA) is 98.7 Å². The summed E-state index contributed by atoms with van der Waals surface area (Å²) in [6.45, 7) is 3.75. The van der Waals surface area contributed by atoms with Gasteiger partial charge < -0.3 is 9.84 Å². The van der Waals surface area contributed by atoms with Crippen LogP contribution in [0, 0.1) is 13.8 Å². The van der Waals surface area contributed by atoms with Crippen LogP contribution >= 0.6 is 0 Å². The predicted molar refractivity (Wildman–Crippen MR) is 76.3 cm³/mol. The Morgan fingerprint density at radius 2 is 2.27 bits per heavy atom. The smallest absolute Gasteiger partial charge is 0.257 e. The van der Waals surface area contributed by atoms with E-state index < -0.39 is 0 Å². The van der Waals surface area contributed by atoms with Crippen LogP contribution in [0.15, 0.2) is 35.5 Å². The molecule has 0 fully saturated rings. The van der Waals surface area contributed by atoms with E-state index in [2.05, 4.69) is 25.5 Å². The minimum absolute atomic E-state index is 0.232. The number of aryl methyl sites for hydroxylation is 2. The largest absolute Gasteiger partial charge is 0.361 e. The SMILES string of the molecule is Cc1noc(C)c1C(=O)NCc1cccnc1-n1cncn1. The van der Waals surface area contributed by atoms with Crippen LogP contribution in [0.1, 0.15) is 27.4 Å². The maximum absolute atomic E-state index is 12.3. The van der Waals surface area contributed by atoms with Crippen molar-refractivity contribution in [2.45, 2.75) is 20.4 Å². The summed E-state index contributed by atoms with van der Waals surface area (Å²) in [7, 11) is 0. The van der Waals surface area contributed by atoms with Crippen LogP contribution in [0.2, 0.25) is 0 Å². The van der Waals surface area contributed by atoms with Crippen LogP contribution < -0.4 is 5.32 Å². The van der Waals surface area contributed by atoms with Crippen molar-refractivity contribution in [3.8, 4) is 5.82 Å². The first kappa shape index (κ1) is 13.9. The maximum Gasteiger partial charge on any atom is 0.257 e. The summed E-state index contributed by atoms with van der Waals surface area (Å²) in [6, 6.07) is 3.68. The highest BCUT2D eigenvalue weighted by molar-refractivity contribution is 5.96. The highest BCUT2D eigenvalue weighted by Gasteiger charge is 2.17. The van der Waals surface area contributed by atoms with E-state index in [-0.39, 0.29) is 5.91 Å². The molecule has 0 atom stereocenters. The van der Waals surface area contributed by atoms with Crippen molar-refractivity contribution in [3.05, 3.63) is 53.6 Å². The molecule has 1 N–H and O–H groups in total. The molecular weight excluding hydrogens is 284 g/mol. The van der Waals surface area contributed by atoms with Gasteiger partial charge in [-0.3, -0.25) is 4.79 Å². The molecule has 8 heteroatoms. The monoisotopic (exact) mass is 298 g/mol. The van der Waals surface area contributed by atoms with Gasteiger partial charge in [0.25, 0.3) is 5.91 Å². The number of rotatable bonds is 4. The predicted octanol–water partition coefficient (Wildman–Crippen LogP) is 1.20. The van der Waals surface area contributed by atoms with Gasteiger partial charge in [0, 0.05) is 18.3 Å². The zero-order valence-corrected chi connectivity index (χ0v) is 12.1. The highest BCUT2D eigenvalue weighted by Crippen LogP contribution is 2.13. The van der Waals surface area contributed by atoms with Crippen LogP contribution in [-0.4, -0.2) is 30.8 Å². The van der Waals surface area contributed by atoms with Gasteiger partial charge in [-0.1, -0.05) is 11.2 Å². The Kier molecular flexibility index (Phi) is 3.65. The molecule has 0 aromatic carbocycles. The average Bonchev–Trinajstić information content (AvgIpc) is 3.15. The van der Waals surface area contributed by atoms with Crippen molar-refractivity contribution in [2.24, 2.45) is 0 Å². The number of hydrogen-bond acceptors (Lipinski definition) is 6. The van der Waals surface area contributed by atoms with Gasteiger partial charge in [-0.25, -0.2) is 14.6 Å². The Bertz CT molecular complexity index is 774. The number of carbonyl (C=O) groups is 1. The van der Waals surface area contributed by atoms with Crippen molar-refractivity contribution in [1.82, 2.24) is 30.2 Å². The standard InChI is InChI=1S/C14H14N6O2/c1-9-12(10(2)22-19-9)14(21)17-6-11-4-3-5-16-13(11)20-8-15-7-18-20/h3-5,7-8H,6H2,1-2H3,(H,17,21). The second kappa shape index (κ2) is 5.76. The molecule has 0 unspecified atom stereocenters. The van der Waals surface area contributed by atoms with E-state index >= 15 is 0 Å². The molecule has 0 bridgehead atoms. The molecular formula is C14H14N6O2. The van der Waals surface area contributed by atoms with Crippen LogP contribution in [0.3, 0.4) is 0 Å². The van der Waals surface area contributed by atoms with E-state index in [1.807, 2.05) is 6.07 Å². The second-order valence-corrected chi connectivity index (χ2v) is 4.71. The summed E-state index contributed by atoms with van der Waals surface area (Å²) in [5, 5.41) is 10.7. The van der Waals surface area contributed by atoms with Gasteiger partial charge in [0.2, 0.25) is 0 Å². The Balaban J connectivity index is 1.79. The van der Waals surface area contributed by atoms with Gasteiger partial charge in [-0.05, 0) is 19.9 Å². The number of aromatic nitrogens is 5. The molecule has 112 valence electrons. The second-order valence-electron chi connectivity index (χ2n) is 4.71. The van der Waals surface area contributed by atoms with Gasteiger partial charge in [-0.15, -0.1) is 0 Å². The van der Waals surface area contributed by atoms with Gasteiger partial charge in [0.1, 0.15) is 24.0 Å². The molecule has 0 aliphatic rings. The first-order chi connectivity index (χ1) is 10.7. The molecule has 0 spiro atoms. The van der Waals surface area contributed by atoms with E-state index in [0.29, 0.717) is 29.4 Å². The summed E-state index contributed by atoms with van der Waals surface area (Å²) in [4.78, 5) is 20.4. The molecule has 3 aromatic rings. The lowest BCUT2D eigenvalue weighted by atomic mass is 10.2. The molecule has 3 aromatic heterocycles. The maximum atomic E-state index is 12.3. The van der Waals surface area contributed by atoms with E-state index in [0.717, 1.165) is 5.56 Å². The van der Waals surface area contributed by atoms with Crippen molar-refractivity contribution in [3.63, 3.8) is 0 Å². The highest BCUT2D eigenvalue weighted by atomic mass is 16.5. The van der Waals surface area contributed by atoms with Crippen molar-refractivity contribution in [1.29, 1.82) is 0 Å². The quantitative estimate of drug-likeness (QED) is 0.777. The third kappa shape index (κ3) is 2.58. The first-order valence-corrected chi connectivity index (χ1v) is 6.67. The fourth-order valence-electron chi connectivity index (χ4n) is 2.16. The molecule has 0 saturated heterocycles. The Hall–Kier alpha value is -3.03. The lowest BCUT2D eigenvalue weighted by molar-refractivity contribution is 0.0949. The number of hydrogen-bond donors (Lipinski definition) is 1. The molecule has 3 heterocycles. The van der Waals surface area contributed by atoms with Gasteiger partial charge in [0.05, 0.1) is 5.69 Å². The molecule has 8 nitrogen and oxygen atoms in total. The minimum atomic E-state index is -0.232. The third-order valence-corrected chi connectivity index (χ3v) is 3.20. The van der Waals surface area contributed by atoms with Crippen LogP contribution in [0.5, 0.6) is 0 Å². The minimum Gasteiger partial charge on any atom is -0.361 e. The van der Waals surface area contributed by atoms with E-state index in [1.54, 1.807) is 37.1 Å². The zero-order valence-electron chi connectivity index (χ0n) is 12.1. The number of nitrogens with zero attached hydrogens (tertiary/aromatic N) is 5. The summed E-state index contributed by atoms with van der Waals surface area (Å²) < 4.78 is 6.56. The molecule has 0 aliphatic heterocycles. The molecule has 1 amide bonds. The van der Waals surface area contributed by atoms with E-state index in [9.17, 15) is 4.79 Å². The average molecular weight is 298 g/mol. The number of amides is 1. The molecule has 0 radical (unpaired) electrons. The summed E-state index contributed by atoms with van der Waals surface area (Å²) in [5.41, 5.74) is 1.86. The lowest BCUT2D eigenvalue weighted by Gasteiger charge is -2.09. The van der Waals surface area contributed by atoms with Crippen LogP contribution in [0.25, 0.3) is 5.82 Å². The Labute approximate surface area is 126 Å². The number of carbonyl (C=O) groups excluding carboxylic acids is 1. The fourth-order valence-corrected chi connectivity index (χ4v) is 2.16. The van der Waals surface area contributed by atoms with Crippen LogP contribution in [0.4, 0.5) is 0 Å². The zero-order chi connectivity index (χ0) is 15.5. The normalized spacial score (nSPS) is 10.6. The van der Waals surface area contributed by atoms with Gasteiger partial charge in [-0.2, -0.15) is 5.10 Å². The fraction of sp³-hybridized carbons (Fsp3) is 0.214. The molecule has 22 heavy (non-hydrogen) atoms. The molecule has 3 rings (SSSR count). The molecule has 0 aliphatic carbocycles.